The number of halogens is 2. The minimum atomic E-state index is -0.904. The Bertz CT molecular complexity index is 721. The maximum absolute atomic E-state index is 13.2. The van der Waals surface area contributed by atoms with Gasteiger partial charge in [-0.3, -0.25) is 9.78 Å². The van der Waals surface area contributed by atoms with E-state index in [-0.39, 0.29) is 24.3 Å². The number of rotatable bonds is 4. The summed E-state index contributed by atoms with van der Waals surface area (Å²) in [5, 5.41) is 11.9. The van der Waals surface area contributed by atoms with Crippen molar-refractivity contribution in [2.75, 3.05) is 5.32 Å². The quantitative estimate of drug-likeness (QED) is 0.912. The Labute approximate surface area is 125 Å². The first-order valence-corrected chi connectivity index (χ1v) is 6.89. The van der Waals surface area contributed by atoms with Crippen LogP contribution in [0.15, 0.2) is 36.7 Å². The van der Waals surface area contributed by atoms with Gasteiger partial charge in [-0.2, -0.15) is 0 Å². The molecule has 0 spiro atoms. The Morgan fingerprint density at radius 1 is 1.32 bits per heavy atom. The first kappa shape index (κ1) is 14.6. The lowest BCUT2D eigenvalue weighted by molar-refractivity contribution is -0.117. The number of pyridine rings is 1. The van der Waals surface area contributed by atoms with Crippen LogP contribution < -0.4 is 5.32 Å². The van der Waals surface area contributed by atoms with Crippen molar-refractivity contribution in [3.63, 3.8) is 0 Å². The molecule has 1 heterocycles. The molecule has 3 rings (SSSR count). The molecule has 1 aromatic heterocycles. The number of carbonyl (C=O) groups excluding carboxylic acids is 1. The smallest absolute Gasteiger partial charge is 0.228 e. The predicted octanol–water partition coefficient (Wildman–Crippen LogP) is 2.59. The molecule has 0 radical (unpaired) electrons. The average molecular weight is 304 g/mol. The molecular weight excluding hydrogens is 290 g/mol. The zero-order valence-electron chi connectivity index (χ0n) is 11.6. The van der Waals surface area contributed by atoms with Gasteiger partial charge >= 0.3 is 0 Å². The van der Waals surface area contributed by atoms with Crippen LogP contribution in [0.5, 0.6) is 0 Å². The highest BCUT2D eigenvalue weighted by Gasteiger charge is 2.44. The third-order valence-corrected chi connectivity index (χ3v) is 3.84. The molecule has 2 aromatic rings. The van der Waals surface area contributed by atoms with Gasteiger partial charge in [0.25, 0.3) is 0 Å². The van der Waals surface area contributed by atoms with E-state index in [1.54, 1.807) is 6.07 Å². The first-order valence-electron chi connectivity index (χ1n) is 6.89. The van der Waals surface area contributed by atoms with Gasteiger partial charge < -0.3 is 10.4 Å². The van der Waals surface area contributed by atoms with E-state index in [0.717, 1.165) is 12.1 Å². The van der Waals surface area contributed by atoms with Crippen LogP contribution in [0.1, 0.15) is 23.5 Å². The van der Waals surface area contributed by atoms with E-state index in [2.05, 4.69) is 10.3 Å². The fraction of sp³-hybridized carbons (Fsp3) is 0.250. The normalized spacial score (nSPS) is 19.8. The standard InChI is InChI=1S/C16H14F2N2O2/c17-13-2-1-9(5-14(13)18)11-6-12(11)16(22)20-15-7-19-4-3-10(15)8-21/h1-5,7,11-12,21H,6,8H2,(H,20,22)/t11-,12+/m0/s1. The Hall–Kier alpha value is -2.34. The molecule has 1 fully saturated rings. The molecule has 1 aromatic carbocycles. The Morgan fingerprint density at radius 3 is 2.86 bits per heavy atom. The van der Waals surface area contributed by atoms with Crippen molar-refractivity contribution in [3.8, 4) is 0 Å². The van der Waals surface area contributed by atoms with Crippen LogP contribution in [0.25, 0.3) is 0 Å². The number of amides is 1. The maximum atomic E-state index is 13.2. The number of aliphatic hydroxyl groups is 1. The fourth-order valence-corrected chi connectivity index (χ4v) is 2.50. The summed E-state index contributed by atoms with van der Waals surface area (Å²) in [6, 6.07) is 5.33. The van der Waals surface area contributed by atoms with Crippen molar-refractivity contribution in [2.24, 2.45) is 5.92 Å². The molecule has 22 heavy (non-hydrogen) atoms. The van der Waals surface area contributed by atoms with Gasteiger partial charge in [0.1, 0.15) is 0 Å². The molecule has 2 N–H and O–H groups in total. The minimum Gasteiger partial charge on any atom is -0.392 e. The van der Waals surface area contributed by atoms with Crippen molar-refractivity contribution >= 4 is 11.6 Å². The van der Waals surface area contributed by atoms with Crippen LogP contribution >= 0.6 is 0 Å². The molecule has 0 bridgehead atoms. The summed E-state index contributed by atoms with van der Waals surface area (Å²) in [7, 11) is 0. The summed E-state index contributed by atoms with van der Waals surface area (Å²) in [6.45, 7) is -0.199. The van der Waals surface area contributed by atoms with Crippen LogP contribution in [0, 0.1) is 17.6 Å². The molecule has 0 unspecified atom stereocenters. The van der Waals surface area contributed by atoms with Crippen molar-refractivity contribution in [1.82, 2.24) is 4.98 Å². The summed E-state index contributed by atoms with van der Waals surface area (Å²) in [6.07, 6.45) is 3.59. The van der Waals surface area contributed by atoms with Crippen LogP contribution in [-0.4, -0.2) is 16.0 Å². The van der Waals surface area contributed by atoms with Crippen molar-refractivity contribution in [1.29, 1.82) is 0 Å². The van der Waals surface area contributed by atoms with E-state index in [0.29, 0.717) is 23.2 Å². The van der Waals surface area contributed by atoms with E-state index in [4.69, 9.17) is 0 Å². The van der Waals surface area contributed by atoms with Gasteiger partial charge in [0, 0.05) is 17.7 Å². The minimum absolute atomic E-state index is 0.107. The summed E-state index contributed by atoms with van der Waals surface area (Å²) < 4.78 is 26.2. The number of nitrogens with one attached hydrogen (secondary N) is 1. The van der Waals surface area contributed by atoms with Gasteiger partial charge in [-0.25, -0.2) is 8.78 Å². The molecule has 1 aliphatic rings. The number of aromatic nitrogens is 1. The predicted molar refractivity (Wildman–Crippen MR) is 76.0 cm³/mol. The highest BCUT2D eigenvalue weighted by molar-refractivity contribution is 5.95. The molecule has 0 aliphatic heterocycles. The Morgan fingerprint density at radius 2 is 2.14 bits per heavy atom. The summed E-state index contributed by atoms with van der Waals surface area (Å²) >= 11 is 0. The van der Waals surface area contributed by atoms with Gasteiger partial charge in [-0.15, -0.1) is 0 Å². The van der Waals surface area contributed by atoms with Crippen LogP contribution in [-0.2, 0) is 11.4 Å². The second kappa shape index (κ2) is 5.81. The molecule has 2 atom stereocenters. The van der Waals surface area contributed by atoms with E-state index < -0.39 is 11.6 Å². The lowest BCUT2D eigenvalue weighted by Crippen LogP contribution is -2.16. The zero-order chi connectivity index (χ0) is 15.7. The first-order chi connectivity index (χ1) is 10.6. The SMILES string of the molecule is O=C(Nc1cnccc1CO)[C@@H]1C[C@H]1c1ccc(F)c(F)c1. The largest absolute Gasteiger partial charge is 0.392 e. The van der Waals surface area contributed by atoms with Crippen LogP contribution in [0.4, 0.5) is 14.5 Å². The van der Waals surface area contributed by atoms with E-state index >= 15 is 0 Å². The highest BCUT2D eigenvalue weighted by atomic mass is 19.2. The Kier molecular flexibility index (Phi) is 3.85. The number of anilines is 1. The number of hydrogen-bond donors (Lipinski definition) is 2. The lowest BCUT2D eigenvalue weighted by atomic mass is 10.1. The third kappa shape index (κ3) is 2.82. The topological polar surface area (TPSA) is 62.2 Å². The van der Waals surface area contributed by atoms with Gasteiger partial charge in [0.2, 0.25) is 5.91 Å². The van der Waals surface area contributed by atoms with Gasteiger partial charge in [0.05, 0.1) is 18.5 Å². The molecular formula is C16H14F2N2O2. The molecule has 6 heteroatoms. The number of nitrogens with zero attached hydrogens (tertiary/aromatic N) is 1. The van der Waals surface area contributed by atoms with E-state index in [1.165, 1.54) is 18.5 Å². The third-order valence-electron chi connectivity index (χ3n) is 3.84. The van der Waals surface area contributed by atoms with Crippen molar-refractivity contribution in [2.45, 2.75) is 18.9 Å². The Balaban J connectivity index is 1.69. The molecule has 0 saturated heterocycles. The van der Waals surface area contributed by atoms with Gasteiger partial charge in [-0.1, -0.05) is 6.07 Å². The fourth-order valence-electron chi connectivity index (χ4n) is 2.50. The molecule has 4 nitrogen and oxygen atoms in total. The summed E-state index contributed by atoms with van der Waals surface area (Å²) in [4.78, 5) is 16.1. The average Bonchev–Trinajstić information content (AvgIpc) is 3.31. The van der Waals surface area contributed by atoms with Gasteiger partial charge in [0.15, 0.2) is 11.6 Å². The zero-order valence-corrected chi connectivity index (χ0v) is 11.6. The molecule has 1 aliphatic carbocycles. The number of hydrogen-bond acceptors (Lipinski definition) is 3. The second-order valence-electron chi connectivity index (χ2n) is 5.30. The van der Waals surface area contributed by atoms with Crippen molar-refractivity contribution < 1.29 is 18.7 Å². The molecule has 114 valence electrons. The second-order valence-corrected chi connectivity index (χ2v) is 5.30. The number of carbonyl (C=O) groups is 1. The number of benzene rings is 1. The molecule has 1 amide bonds. The molecule has 1 saturated carbocycles. The van der Waals surface area contributed by atoms with Crippen LogP contribution in [0.3, 0.4) is 0 Å². The van der Waals surface area contributed by atoms with Crippen LogP contribution in [0.2, 0.25) is 0 Å². The summed E-state index contributed by atoms with van der Waals surface area (Å²) in [5.74, 6) is -2.40. The van der Waals surface area contributed by atoms with E-state index in [1.807, 2.05) is 0 Å². The van der Waals surface area contributed by atoms with E-state index in [9.17, 15) is 18.7 Å². The van der Waals surface area contributed by atoms with Gasteiger partial charge in [-0.05, 0) is 36.1 Å². The van der Waals surface area contributed by atoms with Crippen molar-refractivity contribution in [3.05, 3.63) is 59.4 Å². The lowest BCUT2D eigenvalue weighted by Gasteiger charge is -2.08. The highest BCUT2D eigenvalue weighted by Crippen LogP contribution is 2.48. The number of aliphatic hydroxyl groups excluding tert-OH is 1. The maximum Gasteiger partial charge on any atom is 0.228 e. The monoisotopic (exact) mass is 304 g/mol. The summed E-state index contributed by atoms with van der Waals surface area (Å²) in [5.41, 5.74) is 1.66.